The first-order valence-electron chi connectivity index (χ1n) is 6.06. The predicted octanol–water partition coefficient (Wildman–Crippen LogP) is 5.48. The number of hydrogen-bond donors (Lipinski definition) is 0. The molecule has 3 nitrogen and oxygen atoms in total. The van der Waals surface area contributed by atoms with E-state index >= 15 is 0 Å². The zero-order valence-electron chi connectivity index (χ0n) is 11.1. The molecule has 1 aromatic carbocycles. The number of nitrogens with zero attached hydrogens (tertiary/aromatic N) is 3. The number of aromatic nitrogens is 2. The molecule has 2 aromatic rings. The molecule has 3 rings (SSSR count). The van der Waals surface area contributed by atoms with Crippen molar-refractivity contribution in [2.75, 3.05) is 5.75 Å². The van der Waals surface area contributed by atoms with E-state index in [0.717, 1.165) is 15.6 Å². The highest BCUT2D eigenvalue weighted by molar-refractivity contribution is 8.25. The second-order valence-electron chi connectivity index (χ2n) is 4.30. The van der Waals surface area contributed by atoms with Crippen molar-refractivity contribution in [2.45, 2.75) is 5.25 Å². The Bertz CT molecular complexity index is 738. The van der Waals surface area contributed by atoms with E-state index in [1.165, 1.54) is 0 Å². The summed E-state index contributed by atoms with van der Waals surface area (Å²) in [5.41, 5.74) is 1.66. The normalized spacial score (nSPS) is 19.4. The van der Waals surface area contributed by atoms with E-state index in [9.17, 15) is 5.26 Å². The number of rotatable bonds is 2. The second-order valence-corrected chi connectivity index (χ2v) is 7.65. The summed E-state index contributed by atoms with van der Waals surface area (Å²) in [5.74, 6) is 0.876. The van der Waals surface area contributed by atoms with Crippen LogP contribution in [0.5, 0.6) is 0 Å². The highest BCUT2D eigenvalue weighted by atomic mass is 35.5. The van der Waals surface area contributed by atoms with E-state index in [1.54, 1.807) is 52.9 Å². The quantitative estimate of drug-likeness (QED) is 0.636. The zero-order chi connectivity index (χ0) is 14.8. The molecule has 0 amide bonds. The van der Waals surface area contributed by atoms with Gasteiger partial charge in [0.25, 0.3) is 0 Å². The van der Waals surface area contributed by atoms with Crippen molar-refractivity contribution >= 4 is 64.8 Å². The number of halogens is 3. The highest BCUT2D eigenvalue weighted by Crippen LogP contribution is 2.53. The summed E-state index contributed by atoms with van der Waals surface area (Å²) in [5, 5.41) is 10.9. The van der Waals surface area contributed by atoms with E-state index in [-0.39, 0.29) is 17.7 Å². The summed E-state index contributed by atoms with van der Waals surface area (Å²) < 4.78 is 2.73. The molecule has 114 valence electrons. The van der Waals surface area contributed by atoms with Crippen LogP contribution < -0.4 is 0 Å². The molecule has 1 aliphatic rings. The average Bonchev–Trinajstić information content (AvgIpc) is 3.12. The molecular weight excluding hydrogens is 381 g/mol. The Balaban J connectivity index is 0.00000176. The van der Waals surface area contributed by atoms with E-state index < -0.39 is 0 Å². The Morgan fingerprint density at radius 1 is 1.41 bits per heavy atom. The molecular formula is C14H10Cl3N3S2. The van der Waals surface area contributed by atoms with Crippen LogP contribution in [-0.2, 0) is 0 Å². The number of hydrogen-bond acceptors (Lipinski definition) is 4. The van der Waals surface area contributed by atoms with Crippen molar-refractivity contribution in [3.63, 3.8) is 0 Å². The summed E-state index contributed by atoms with van der Waals surface area (Å²) in [6.45, 7) is 0. The Labute approximate surface area is 153 Å². The molecule has 0 radical (unpaired) electrons. The molecule has 8 heteroatoms. The van der Waals surface area contributed by atoms with Crippen molar-refractivity contribution in [3.8, 4) is 6.07 Å². The number of benzene rings is 1. The van der Waals surface area contributed by atoms with Crippen LogP contribution in [0.4, 0.5) is 0 Å². The molecule has 2 heterocycles. The first-order chi connectivity index (χ1) is 10.2. The molecule has 22 heavy (non-hydrogen) atoms. The SMILES string of the molecule is Cl.N#C/C(=C1\SC[C@@H](c2ccc(Cl)cc2Cl)S1)n1ccnc1. The monoisotopic (exact) mass is 389 g/mol. The van der Waals surface area contributed by atoms with Gasteiger partial charge >= 0.3 is 0 Å². The fourth-order valence-corrected chi connectivity index (χ4v) is 5.52. The lowest BCUT2D eigenvalue weighted by atomic mass is 10.2. The first kappa shape index (κ1) is 17.6. The minimum atomic E-state index is 0. The highest BCUT2D eigenvalue weighted by Gasteiger charge is 2.27. The number of nitriles is 1. The van der Waals surface area contributed by atoms with Crippen LogP contribution in [-0.4, -0.2) is 15.3 Å². The van der Waals surface area contributed by atoms with Gasteiger partial charge in [-0.2, -0.15) is 5.26 Å². The molecule has 1 saturated heterocycles. The Hall–Kier alpha value is -0.770. The van der Waals surface area contributed by atoms with Crippen LogP contribution in [0.2, 0.25) is 10.0 Å². The van der Waals surface area contributed by atoms with Crippen molar-refractivity contribution in [2.24, 2.45) is 0 Å². The molecule has 0 bridgehead atoms. The van der Waals surface area contributed by atoms with Crippen LogP contribution in [0.3, 0.4) is 0 Å². The topological polar surface area (TPSA) is 41.6 Å². The van der Waals surface area contributed by atoms with Crippen LogP contribution in [0.1, 0.15) is 10.8 Å². The van der Waals surface area contributed by atoms with Gasteiger partial charge in [-0.3, -0.25) is 4.57 Å². The van der Waals surface area contributed by atoms with Gasteiger partial charge < -0.3 is 0 Å². The Kier molecular flexibility index (Phi) is 6.13. The molecule has 0 unspecified atom stereocenters. The number of allylic oxidation sites excluding steroid dienone is 1. The van der Waals surface area contributed by atoms with Crippen LogP contribution in [0.25, 0.3) is 5.70 Å². The molecule has 0 N–H and O–H groups in total. The Morgan fingerprint density at radius 3 is 2.86 bits per heavy atom. The molecule has 0 saturated carbocycles. The maximum absolute atomic E-state index is 9.38. The van der Waals surface area contributed by atoms with Gasteiger partial charge in [0.15, 0.2) is 0 Å². The van der Waals surface area contributed by atoms with Crippen molar-refractivity contribution in [3.05, 3.63) is 56.8 Å². The van der Waals surface area contributed by atoms with Crippen LogP contribution in [0, 0.1) is 11.3 Å². The lowest BCUT2D eigenvalue weighted by Gasteiger charge is -2.10. The maximum Gasteiger partial charge on any atom is 0.145 e. The molecule has 1 fully saturated rings. The minimum absolute atomic E-state index is 0. The molecule has 1 aliphatic heterocycles. The maximum atomic E-state index is 9.38. The van der Waals surface area contributed by atoms with Gasteiger partial charge in [-0.1, -0.05) is 29.3 Å². The third-order valence-electron chi connectivity index (χ3n) is 2.99. The summed E-state index contributed by atoms with van der Waals surface area (Å²) in [6, 6.07) is 7.80. The standard InChI is InChI=1S/C14H9Cl2N3S2.ClH/c15-9-1-2-10(11(16)5-9)13-7-20-14(21-13)12(6-17)19-4-3-18-8-19;/h1-5,8,13H,7H2;1H/b14-12-;/t13-;/m0./s1. The third kappa shape index (κ3) is 3.58. The largest absolute Gasteiger partial charge is 0.296 e. The number of imidazole rings is 1. The van der Waals surface area contributed by atoms with Gasteiger partial charge in [0.1, 0.15) is 11.8 Å². The molecule has 1 aromatic heterocycles. The lowest BCUT2D eigenvalue weighted by Crippen LogP contribution is -1.93. The summed E-state index contributed by atoms with van der Waals surface area (Å²) in [4.78, 5) is 3.99. The smallest absolute Gasteiger partial charge is 0.145 e. The number of thioether (sulfide) groups is 2. The zero-order valence-corrected chi connectivity index (χ0v) is 15.0. The fourth-order valence-electron chi connectivity index (χ4n) is 1.99. The summed E-state index contributed by atoms with van der Waals surface area (Å²) in [7, 11) is 0. The summed E-state index contributed by atoms with van der Waals surface area (Å²) >= 11 is 15.5. The van der Waals surface area contributed by atoms with E-state index in [1.807, 2.05) is 12.1 Å². The predicted molar refractivity (Wildman–Crippen MR) is 97.6 cm³/mol. The van der Waals surface area contributed by atoms with E-state index in [0.29, 0.717) is 15.7 Å². The second kappa shape index (κ2) is 7.67. The van der Waals surface area contributed by atoms with Crippen molar-refractivity contribution < 1.29 is 0 Å². The van der Waals surface area contributed by atoms with Gasteiger partial charge in [0.2, 0.25) is 0 Å². The minimum Gasteiger partial charge on any atom is -0.296 e. The van der Waals surface area contributed by atoms with Gasteiger partial charge in [0.05, 0.1) is 10.6 Å². The van der Waals surface area contributed by atoms with E-state index in [2.05, 4.69) is 11.1 Å². The summed E-state index contributed by atoms with van der Waals surface area (Å²) in [6.07, 6.45) is 5.07. The van der Waals surface area contributed by atoms with Gasteiger partial charge in [-0.15, -0.1) is 35.9 Å². The van der Waals surface area contributed by atoms with Crippen LogP contribution in [0.15, 0.2) is 41.2 Å². The lowest BCUT2D eigenvalue weighted by molar-refractivity contribution is 1.10. The third-order valence-corrected chi connectivity index (χ3v) is 6.47. The molecule has 0 aliphatic carbocycles. The van der Waals surface area contributed by atoms with Gasteiger partial charge in [-0.25, -0.2) is 4.98 Å². The molecule has 0 spiro atoms. The van der Waals surface area contributed by atoms with Crippen molar-refractivity contribution in [1.82, 2.24) is 9.55 Å². The average molecular weight is 391 g/mol. The fraction of sp³-hybridized carbons (Fsp3) is 0.143. The van der Waals surface area contributed by atoms with Gasteiger partial charge in [-0.05, 0) is 17.7 Å². The first-order valence-corrected chi connectivity index (χ1v) is 8.68. The van der Waals surface area contributed by atoms with Gasteiger partial charge in [0, 0.05) is 33.4 Å². The van der Waals surface area contributed by atoms with Crippen LogP contribution >= 0.6 is 59.1 Å². The van der Waals surface area contributed by atoms with Crippen molar-refractivity contribution in [1.29, 1.82) is 5.26 Å². The molecule has 1 atom stereocenters. The Morgan fingerprint density at radius 2 is 2.23 bits per heavy atom. The van der Waals surface area contributed by atoms with E-state index in [4.69, 9.17) is 23.2 Å².